The van der Waals surface area contributed by atoms with E-state index >= 15 is 0 Å². The minimum Gasteiger partial charge on any atom is -0.507 e. The largest absolute Gasteiger partial charge is 0.507 e. The average molecular weight is 360 g/mol. The predicted octanol–water partition coefficient (Wildman–Crippen LogP) is 3.85. The van der Waals surface area contributed by atoms with Gasteiger partial charge in [0.2, 0.25) is 0 Å². The summed E-state index contributed by atoms with van der Waals surface area (Å²) < 4.78 is 2.16. The molecule has 2 heterocycles. The fourth-order valence-corrected chi connectivity index (χ4v) is 3.12. The zero-order valence-electron chi connectivity index (χ0n) is 15.2. The van der Waals surface area contributed by atoms with Crippen molar-refractivity contribution in [1.82, 2.24) is 19.7 Å². The number of para-hydroxylation sites is 1. The molecule has 27 heavy (non-hydrogen) atoms. The number of nitrogens with one attached hydrogen (secondary N) is 1. The van der Waals surface area contributed by atoms with Gasteiger partial charge in [0.05, 0.1) is 11.7 Å². The number of nitrogens with zero attached hydrogens (tertiary/aromatic N) is 5. The molecule has 0 bridgehead atoms. The Morgan fingerprint density at radius 2 is 2.04 bits per heavy atom. The second-order valence-corrected chi connectivity index (χ2v) is 6.41. The van der Waals surface area contributed by atoms with Crippen LogP contribution in [0.25, 0.3) is 22.1 Å². The van der Waals surface area contributed by atoms with Gasteiger partial charge in [-0.1, -0.05) is 30.7 Å². The highest BCUT2D eigenvalue weighted by Gasteiger charge is 2.14. The molecular formula is C20H20N6O. The number of hydrogen-bond acceptors (Lipinski definition) is 6. The third-order valence-electron chi connectivity index (χ3n) is 4.37. The summed E-state index contributed by atoms with van der Waals surface area (Å²) in [5.41, 5.74) is 7.26. The maximum Gasteiger partial charge on any atom is 0.265 e. The summed E-state index contributed by atoms with van der Waals surface area (Å²) in [5, 5.41) is 23.5. The molecule has 0 saturated heterocycles. The smallest absolute Gasteiger partial charge is 0.265 e. The molecule has 0 spiro atoms. The van der Waals surface area contributed by atoms with Crippen molar-refractivity contribution >= 4 is 34.2 Å². The zero-order chi connectivity index (χ0) is 18.8. The van der Waals surface area contributed by atoms with Gasteiger partial charge >= 0.3 is 0 Å². The monoisotopic (exact) mass is 360 g/mol. The number of hydrazone groups is 1. The summed E-state index contributed by atoms with van der Waals surface area (Å²) in [6, 6.07) is 13.3. The van der Waals surface area contributed by atoms with Gasteiger partial charge in [-0.15, -0.1) is 10.2 Å². The van der Waals surface area contributed by atoms with Crippen LogP contribution < -0.4 is 5.43 Å². The van der Waals surface area contributed by atoms with Crippen LogP contribution in [0.2, 0.25) is 0 Å². The summed E-state index contributed by atoms with van der Waals surface area (Å²) in [6.45, 7) is 5.05. The second-order valence-electron chi connectivity index (χ2n) is 6.41. The van der Waals surface area contributed by atoms with Gasteiger partial charge in [0.15, 0.2) is 5.65 Å². The first-order valence-electron chi connectivity index (χ1n) is 8.87. The number of phenols is 1. The maximum absolute atomic E-state index is 9.78. The molecule has 4 rings (SSSR count). The summed E-state index contributed by atoms with van der Waals surface area (Å²) >= 11 is 0. The highest BCUT2D eigenvalue weighted by molar-refractivity contribution is 6.04. The van der Waals surface area contributed by atoms with E-state index < -0.39 is 0 Å². The standard InChI is InChI=1S/C20H20N6O/c1-3-10-26-16-9-8-13(2)11-15(16)18-19(26)22-20(25-23-18)24-21-12-14-6-4-5-7-17(14)27/h4-9,11-12,27H,3,10H2,1-2H3,(H,22,24,25)/b21-12+. The molecule has 0 aliphatic carbocycles. The molecule has 7 heteroatoms. The van der Waals surface area contributed by atoms with E-state index in [0.717, 1.165) is 35.0 Å². The quantitative estimate of drug-likeness (QED) is 0.417. The lowest BCUT2D eigenvalue weighted by atomic mass is 10.2. The van der Waals surface area contributed by atoms with Crippen LogP contribution in [0.5, 0.6) is 5.75 Å². The summed E-state index contributed by atoms with van der Waals surface area (Å²) in [4.78, 5) is 4.62. The first-order valence-corrected chi connectivity index (χ1v) is 8.87. The highest BCUT2D eigenvalue weighted by atomic mass is 16.3. The number of aryl methyl sites for hydroxylation is 2. The Labute approximate surface area is 156 Å². The van der Waals surface area contributed by atoms with Gasteiger partial charge in [-0.25, -0.2) is 5.43 Å². The topological polar surface area (TPSA) is 88.2 Å². The predicted molar refractivity (Wildman–Crippen MR) is 107 cm³/mol. The van der Waals surface area contributed by atoms with Gasteiger partial charge in [0, 0.05) is 17.5 Å². The van der Waals surface area contributed by atoms with Crippen molar-refractivity contribution in [2.24, 2.45) is 5.10 Å². The van der Waals surface area contributed by atoms with E-state index in [1.54, 1.807) is 18.2 Å². The Balaban J connectivity index is 1.72. The van der Waals surface area contributed by atoms with E-state index in [1.165, 1.54) is 11.8 Å². The van der Waals surface area contributed by atoms with Crippen LogP contribution in [0.3, 0.4) is 0 Å². The minimum absolute atomic E-state index is 0.163. The van der Waals surface area contributed by atoms with E-state index in [2.05, 4.69) is 62.3 Å². The molecule has 0 amide bonds. The Bertz CT molecular complexity index is 1150. The van der Waals surface area contributed by atoms with E-state index in [0.29, 0.717) is 11.5 Å². The molecule has 0 fully saturated rings. The minimum atomic E-state index is 0.163. The first kappa shape index (κ1) is 17.0. The second kappa shape index (κ2) is 7.03. The van der Waals surface area contributed by atoms with Crippen molar-refractivity contribution in [3.05, 3.63) is 53.6 Å². The molecule has 2 N–H and O–H groups in total. The molecule has 4 aromatic rings. The van der Waals surface area contributed by atoms with Crippen molar-refractivity contribution < 1.29 is 5.11 Å². The fourth-order valence-electron chi connectivity index (χ4n) is 3.12. The Kier molecular flexibility index (Phi) is 4.42. The van der Waals surface area contributed by atoms with Crippen LogP contribution in [0, 0.1) is 6.92 Å². The molecule has 7 nitrogen and oxygen atoms in total. The van der Waals surface area contributed by atoms with Crippen LogP contribution in [0.15, 0.2) is 47.6 Å². The van der Waals surface area contributed by atoms with Crippen molar-refractivity contribution in [1.29, 1.82) is 0 Å². The molecule has 2 aromatic heterocycles. The number of phenolic OH excluding ortho intramolecular Hbond substituents is 1. The van der Waals surface area contributed by atoms with Gasteiger partial charge in [0.1, 0.15) is 11.3 Å². The molecule has 0 aliphatic rings. The number of fused-ring (bicyclic) bond motifs is 3. The number of anilines is 1. The molecule has 136 valence electrons. The van der Waals surface area contributed by atoms with E-state index in [1.807, 2.05) is 6.07 Å². The zero-order valence-corrected chi connectivity index (χ0v) is 15.2. The van der Waals surface area contributed by atoms with E-state index in [-0.39, 0.29) is 5.75 Å². The number of aromatic hydroxyl groups is 1. The molecule has 0 saturated carbocycles. The Hall–Kier alpha value is -3.48. The summed E-state index contributed by atoms with van der Waals surface area (Å²) in [7, 11) is 0. The Morgan fingerprint density at radius 3 is 2.85 bits per heavy atom. The van der Waals surface area contributed by atoms with Gasteiger partial charge < -0.3 is 9.67 Å². The summed E-state index contributed by atoms with van der Waals surface area (Å²) in [6.07, 6.45) is 2.51. The molecule has 0 atom stereocenters. The van der Waals surface area contributed by atoms with Crippen molar-refractivity contribution in [2.45, 2.75) is 26.8 Å². The van der Waals surface area contributed by atoms with Crippen LogP contribution in [0.1, 0.15) is 24.5 Å². The Morgan fingerprint density at radius 1 is 1.19 bits per heavy atom. The molecule has 0 radical (unpaired) electrons. The SMILES string of the molecule is CCCn1c2ccc(C)cc2c2nnc(N/N=C/c3ccccc3O)nc21. The third kappa shape index (κ3) is 3.19. The lowest BCUT2D eigenvalue weighted by Gasteiger charge is -2.04. The molecule has 0 aliphatic heterocycles. The lowest BCUT2D eigenvalue weighted by molar-refractivity contribution is 0.474. The first-order chi connectivity index (χ1) is 13.2. The average Bonchev–Trinajstić information content (AvgIpc) is 2.96. The van der Waals surface area contributed by atoms with E-state index in [9.17, 15) is 5.11 Å². The van der Waals surface area contributed by atoms with Gasteiger partial charge in [-0.05, 0) is 37.6 Å². The third-order valence-corrected chi connectivity index (χ3v) is 4.37. The number of aromatic nitrogens is 4. The van der Waals surface area contributed by atoms with Crippen LogP contribution in [0.4, 0.5) is 5.95 Å². The van der Waals surface area contributed by atoms with Crippen LogP contribution >= 0.6 is 0 Å². The van der Waals surface area contributed by atoms with Crippen molar-refractivity contribution in [3.63, 3.8) is 0 Å². The molecule has 0 unspecified atom stereocenters. The van der Waals surface area contributed by atoms with Gasteiger partial charge in [-0.3, -0.25) is 0 Å². The lowest BCUT2D eigenvalue weighted by Crippen LogP contribution is -2.03. The van der Waals surface area contributed by atoms with Crippen LogP contribution in [-0.4, -0.2) is 31.1 Å². The van der Waals surface area contributed by atoms with Crippen LogP contribution in [-0.2, 0) is 6.54 Å². The molecular weight excluding hydrogens is 340 g/mol. The van der Waals surface area contributed by atoms with E-state index in [4.69, 9.17) is 0 Å². The van der Waals surface area contributed by atoms with Gasteiger partial charge in [0.25, 0.3) is 5.95 Å². The normalized spacial score (nSPS) is 11.6. The number of benzene rings is 2. The number of rotatable bonds is 5. The maximum atomic E-state index is 9.78. The van der Waals surface area contributed by atoms with Crippen molar-refractivity contribution in [3.8, 4) is 5.75 Å². The summed E-state index contributed by atoms with van der Waals surface area (Å²) in [5.74, 6) is 0.474. The fraction of sp³-hybridized carbons (Fsp3) is 0.200. The van der Waals surface area contributed by atoms with Crippen molar-refractivity contribution in [2.75, 3.05) is 5.43 Å². The molecule has 2 aromatic carbocycles. The van der Waals surface area contributed by atoms with Gasteiger partial charge in [-0.2, -0.15) is 10.1 Å². The highest BCUT2D eigenvalue weighted by Crippen LogP contribution is 2.27. The number of hydrogen-bond donors (Lipinski definition) is 2.